The van der Waals surface area contributed by atoms with Crippen molar-refractivity contribution in [3.8, 4) is 5.75 Å². The molecule has 0 aromatic heterocycles. The molecule has 0 spiro atoms. The lowest BCUT2D eigenvalue weighted by Crippen LogP contribution is -2.33. The number of alkyl carbamates (subject to hydrolysis) is 1. The quantitative estimate of drug-likeness (QED) is 0.678. The summed E-state index contributed by atoms with van der Waals surface area (Å²) in [6.07, 6.45) is -4.94. The van der Waals surface area contributed by atoms with Crippen LogP contribution in [0.3, 0.4) is 0 Å². The highest BCUT2D eigenvalue weighted by atomic mass is 19.4. The van der Waals surface area contributed by atoms with Gasteiger partial charge in [-0.3, -0.25) is 0 Å². The standard InChI is InChI=1S/C21H24F3NO3/c1-20(2,3)28-19(26)25-14-13-18(15-7-5-4-6-8-15)27-17-11-9-16(10-12-17)21(22,23)24/h4-12,18H,13-14H2,1-3H3,(H,25,26)/t18-/m0/s1. The van der Waals surface area contributed by atoms with Gasteiger partial charge >= 0.3 is 12.3 Å². The van der Waals surface area contributed by atoms with E-state index in [4.69, 9.17) is 9.47 Å². The summed E-state index contributed by atoms with van der Waals surface area (Å²) in [7, 11) is 0. The van der Waals surface area contributed by atoms with Gasteiger partial charge in [0.2, 0.25) is 0 Å². The van der Waals surface area contributed by atoms with E-state index in [9.17, 15) is 18.0 Å². The highest BCUT2D eigenvalue weighted by molar-refractivity contribution is 5.67. The minimum Gasteiger partial charge on any atom is -0.486 e. The first-order chi connectivity index (χ1) is 13.0. The number of amides is 1. The number of halogens is 3. The zero-order chi connectivity index (χ0) is 20.8. The highest BCUT2D eigenvalue weighted by Crippen LogP contribution is 2.31. The second kappa shape index (κ2) is 8.99. The number of hydrogen-bond donors (Lipinski definition) is 1. The summed E-state index contributed by atoms with van der Waals surface area (Å²) in [6, 6.07) is 13.8. The first kappa shape index (κ1) is 21.6. The van der Waals surface area contributed by atoms with Gasteiger partial charge in [-0.05, 0) is 50.6 Å². The van der Waals surface area contributed by atoms with Gasteiger partial charge in [0.25, 0.3) is 0 Å². The molecule has 0 bridgehead atoms. The van der Waals surface area contributed by atoms with Crippen LogP contribution < -0.4 is 10.1 Å². The van der Waals surface area contributed by atoms with E-state index in [2.05, 4.69) is 5.32 Å². The SMILES string of the molecule is CC(C)(C)OC(=O)NCC[C@H](Oc1ccc(C(F)(F)F)cc1)c1ccccc1. The van der Waals surface area contributed by atoms with Gasteiger partial charge in [0.15, 0.2) is 0 Å². The van der Waals surface area contributed by atoms with Crippen molar-refractivity contribution in [2.45, 2.75) is 45.1 Å². The fourth-order valence-electron chi connectivity index (χ4n) is 2.47. The van der Waals surface area contributed by atoms with Crippen LogP contribution in [-0.2, 0) is 10.9 Å². The van der Waals surface area contributed by atoms with Gasteiger partial charge in [-0.15, -0.1) is 0 Å². The molecule has 0 saturated heterocycles. The largest absolute Gasteiger partial charge is 0.486 e. The molecule has 2 rings (SSSR count). The van der Waals surface area contributed by atoms with Crippen molar-refractivity contribution in [3.63, 3.8) is 0 Å². The monoisotopic (exact) mass is 395 g/mol. The van der Waals surface area contributed by atoms with Crippen LogP contribution in [0.15, 0.2) is 54.6 Å². The smallest absolute Gasteiger partial charge is 0.416 e. The first-order valence-corrected chi connectivity index (χ1v) is 8.90. The van der Waals surface area contributed by atoms with Gasteiger partial charge in [-0.25, -0.2) is 4.79 Å². The Morgan fingerprint density at radius 3 is 2.14 bits per heavy atom. The highest BCUT2D eigenvalue weighted by Gasteiger charge is 2.30. The van der Waals surface area contributed by atoms with Crippen molar-refractivity contribution >= 4 is 6.09 Å². The normalized spacial score (nSPS) is 12.9. The predicted molar refractivity (Wildman–Crippen MR) is 100 cm³/mol. The molecular weight excluding hydrogens is 371 g/mol. The maximum Gasteiger partial charge on any atom is 0.416 e. The van der Waals surface area contributed by atoms with Gasteiger partial charge in [0, 0.05) is 13.0 Å². The summed E-state index contributed by atoms with van der Waals surface area (Å²) in [4.78, 5) is 11.8. The Labute approximate surface area is 162 Å². The fraction of sp³-hybridized carbons (Fsp3) is 0.381. The lowest BCUT2D eigenvalue weighted by Gasteiger charge is -2.22. The van der Waals surface area contributed by atoms with E-state index in [0.717, 1.165) is 17.7 Å². The van der Waals surface area contributed by atoms with Crippen LogP contribution in [0.1, 0.15) is 44.4 Å². The second-order valence-corrected chi connectivity index (χ2v) is 7.26. The van der Waals surface area contributed by atoms with Crippen molar-refractivity contribution < 1.29 is 27.4 Å². The molecule has 0 heterocycles. The number of hydrogen-bond acceptors (Lipinski definition) is 3. The molecule has 0 saturated carbocycles. The Kier molecular flexibility index (Phi) is 6.94. The first-order valence-electron chi connectivity index (χ1n) is 8.90. The average Bonchev–Trinajstić information content (AvgIpc) is 2.60. The topological polar surface area (TPSA) is 47.6 Å². The van der Waals surface area contributed by atoms with Crippen LogP contribution in [0.2, 0.25) is 0 Å². The number of nitrogens with one attached hydrogen (secondary N) is 1. The van der Waals surface area contributed by atoms with Crippen LogP contribution in [0.5, 0.6) is 5.75 Å². The van der Waals surface area contributed by atoms with E-state index in [1.54, 1.807) is 20.8 Å². The molecule has 0 aliphatic carbocycles. The van der Waals surface area contributed by atoms with Gasteiger partial charge < -0.3 is 14.8 Å². The Hall–Kier alpha value is -2.70. The number of rotatable bonds is 6. The molecule has 0 radical (unpaired) electrons. The van der Waals surface area contributed by atoms with Crippen LogP contribution in [-0.4, -0.2) is 18.2 Å². The maximum atomic E-state index is 12.7. The van der Waals surface area contributed by atoms with E-state index in [1.165, 1.54) is 12.1 Å². The Bertz CT molecular complexity index is 753. The van der Waals surface area contributed by atoms with E-state index >= 15 is 0 Å². The van der Waals surface area contributed by atoms with Crippen molar-refractivity contribution in [2.75, 3.05) is 6.54 Å². The van der Waals surface area contributed by atoms with Crippen LogP contribution >= 0.6 is 0 Å². The number of benzene rings is 2. The maximum absolute atomic E-state index is 12.7. The fourth-order valence-corrected chi connectivity index (χ4v) is 2.47. The minimum absolute atomic E-state index is 0.287. The third-order valence-electron chi connectivity index (χ3n) is 3.71. The molecule has 28 heavy (non-hydrogen) atoms. The Morgan fingerprint density at radius 2 is 1.61 bits per heavy atom. The van der Waals surface area contributed by atoms with Crippen LogP contribution in [0.4, 0.5) is 18.0 Å². The zero-order valence-electron chi connectivity index (χ0n) is 16.0. The molecule has 0 fully saturated rings. The summed E-state index contributed by atoms with van der Waals surface area (Å²) in [5.41, 5.74) is -0.476. The lowest BCUT2D eigenvalue weighted by atomic mass is 10.1. The average molecular weight is 395 g/mol. The molecule has 7 heteroatoms. The van der Waals surface area contributed by atoms with E-state index in [0.29, 0.717) is 12.2 Å². The molecule has 1 atom stereocenters. The Morgan fingerprint density at radius 1 is 1.00 bits per heavy atom. The van der Waals surface area contributed by atoms with Crippen LogP contribution in [0.25, 0.3) is 0 Å². The summed E-state index contributed by atoms with van der Waals surface area (Å²) in [6.45, 7) is 5.60. The van der Waals surface area contributed by atoms with E-state index in [-0.39, 0.29) is 6.54 Å². The number of alkyl halides is 3. The molecule has 2 aromatic rings. The van der Waals surface area contributed by atoms with Crippen molar-refractivity contribution in [3.05, 3.63) is 65.7 Å². The van der Waals surface area contributed by atoms with E-state index in [1.807, 2.05) is 30.3 Å². The molecule has 0 aliphatic heterocycles. The molecule has 1 N–H and O–H groups in total. The molecule has 0 unspecified atom stereocenters. The second-order valence-electron chi connectivity index (χ2n) is 7.26. The van der Waals surface area contributed by atoms with Crippen LogP contribution in [0, 0.1) is 0 Å². The van der Waals surface area contributed by atoms with Crippen molar-refractivity contribution in [1.82, 2.24) is 5.32 Å². The third kappa shape index (κ3) is 7.13. The van der Waals surface area contributed by atoms with Gasteiger partial charge in [0.05, 0.1) is 5.56 Å². The summed E-state index contributed by atoms with van der Waals surface area (Å²) in [5, 5.41) is 2.66. The summed E-state index contributed by atoms with van der Waals surface area (Å²) >= 11 is 0. The third-order valence-corrected chi connectivity index (χ3v) is 3.71. The molecule has 2 aromatic carbocycles. The summed E-state index contributed by atoms with van der Waals surface area (Å²) < 4.78 is 49.2. The number of carbonyl (C=O) groups is 1. The number of ether oxygens (including phenoxy) is 2. The molecular formula is C21H24F3NO3. The molecule has 152 valence electrons. The predicted octanol–water partition coefficient (Wildman–Crippen LogP) is 5.74. The Balaban J connectivity index is 2.03. The lowest BCUT2D eigenvalue weighted by molar-refractivity contribution is -0.137. The van der Waals surface area contributed by atoms with E-state index < -0.39 is 29.5 Å². The molecule has 4 nitrogen and oxygen atoms in total. The summed E-state index contributed by atoms with van der Waals surface area (Å²) in [5.74, 6) is 0.319. The molecule has 1 amide bonds. The van der Waals surface area contributed by atoms with Gasteiger partial charge in [-0.2, -0.15) is 13.2 Å². The van der Waals surface area contributed by atoms with Gasteiger partial charge in [0.1, 0.15) is 17.5 Å². The number of carbonyl (C=O) groups excluding carboxylic acids is 1. The van der Waals surface area contributed by atoms with Gasteiger partial charge in [-0.1, -0.05) is 30.3 Å². The minimum atomic E-state index is -4.39. The molecule has 0 aliphatic rings. The van der Waals surface area contributed by atoms with Crippen molar-refractivity contribution in [2.24, 2.45) is 0 Å². The van der Waals surface area contributed by atoms with Crippen molar-refractivity contribution in [1.29, 1.82) is 0 Å². The zero-order valence-corrected chi connectivity index (χ0v) is 16.0.